The van der Waals surface area contributed by atoms with Crippen molar-refractivity contribution in [3.63, 3.8) is 0 Å². The summed E-state index contributed by atoms with van der Waals surface area (Å²) in [4.78, 5) is 28.1. The molecule has 0 saturated carbocycles. The van der Waals surface area contributed by atoms with E-state index in [0.717, 1.165) is 5.56 Å². The molecule has 0 aliphatic rings. The zero-order valence-electron chi connectivity index (χ0n) is 16.4. The van der Waals surface area contributed by atoms with Crippen molar-refractivity contribution >= 4 is 17.3 Å². The van der Waals surface area contributed by atoms with Crippen molar-refractivity contribution in [3.05, 3.63) is 82.2 Å². The van der Waals surface area contributed by atoms with Crippen molar-refractivity contribution in [2.45, 2.75) is 13.8 Å². The van der Waals surface area contributed by atoms with Crippen LogP contribution >= 0.6 is 0 Å². The van der Waals surface area contributed by atoms with E-state index >= 15 is 0 Å². The number of hydrogen-bond donors (Lipinski definition) is 0. The van der Waals surface area contributed by atoms with Gasteiger partial charge in [0.05, 0.1) is 34.7 Å². The van der Waals surface area contributed by atoms with Gasteiger partial charge in [-0.05, 0) is 31.5 Å². The van der Waals surface area contributed by atoms with E-state index in [0.29, 0.717) is 33.7 Å². The lowest BCUT2D eigenvalue weighted by atomic mass is 10.0. The van der Waals surface area contributed by atoms with Gasteiger partial charge in [0.25, 0.3) is 5.69 Å². The highest BCUT2D eigenvalue weighted by Gasteiger charge is 2.26. The van der Waals surface area contributed by atoms with Gasteiger partial charge in [-0.3, -0.25) is 10.1 Å². The zero-order valence-corrected chi connectivity index (χ0v) is 16.4. The minimum absolute atomic E-state index is 0.0345. The molecule has 0 spiro atoms. The third kappa shape index (κ3) is 3.28. The Hall–Kier alpha value is -4.07. The van der Waals surface area contributed by atoms with E-state index in [9.17, 15) is 14.9 Å². The Morgan fingerprint density at radius 3 is 2.43 bits per heavy atom. The van der Waals surface area contributed by atoms with Crippen LogP contribution in [-0.4, -0.2) is 32.1 Å². The highest BCUT2D eigenvalue weighted by atomic mass is 16.6. The van der Waals surface area contributed by atoms with Gasteiger partial charge in [0.1, 0.15) is 0 Å². The molecule has 0 atom stereocenters. The van der Waals surface area contributed by atoms with Crippen molar-refractivity contribution in [3.8, 4) is 22.4 Å². The summed E-state index contributed by atoms with van der Waals surface area (Å²) in [6.45, 7) is 3.73. The second kappa shape index (κ2) is 7.75. The summed E-state index contributed by atoms with van der Waals surface area (Å²) in [6, 6.07) is 15.6. The Bertz CT molecular complexity index is 1250. The number of nitro groups is 1. The molecule has 150 valence electrons. The summed E-state index contributed by atoms with van der Waals surface area (Å²) in [5.41, 5.74) is 4.07. The van der Waals surface area contributed by atoms with Crippen molar-refractivity contribution < 1.29 is 14.5 Å². The number of ether oxygens (including phenoxy) is 1. The Kier molecular flexibility index (Phi) is 4.97. The number of carbonyl (C=O) groups is 1. The maximum atomic E-state index is 12.8. The first-order valence-corrected chi connectivity index (χ1v) is 9.37. The monoisotopic (exact) mass is 402 g/mol. The molecule has 2 aromatic carbocycles. The molecule has 0 saturated heterocycles. The summed E-state index contributed by atoms with van der Waals surface area (Å²) in [5.74, 6) is -0.489. The van der Waals surface area contributed by atoms with E-state index in [-0.39, 0.29) is 12.3 Å². The lowest BCUT2D eigenvalue weighted by Gasteiger charge is -2.06. The average Bonchev–Trinajstić information content (AvgIpc) is 3.06. The SMILES string of the molecule is CCOC(=O)c1c(-c2ccc([N+](=O)[O-])cc2)c2nc(-c3ccccc3)cnn2c1C. The van der Waals surface area contributed by atoms with Gasteiger partial charge in [-0.2, -0.15) is 5.10 Å². The number of rotatable bonds is 5. The highest BCUT2D eigenvalue weighted by molar-refractivity contribution is 6.03. The third-order valence-corrected chi connectivity index (χ3v) is 4.79. The molecular weight excluding hydrogens is 384 g/mol. The summed E-state index contributed by atoms with van der Waals surface area (Å²) < 4.78 is 6.85. The van der Waals surface area contributed by atoms with Crippen LogP contribution in [0.1, 0.15) is 23.0 Å². The maximum absolute atomic E-state index is 12.8. The average molecular weight is 402 g/mol. The molecule has 8 nitrogen and oxygen atoms in total. The number of hydrogen-bond acceptors (Lipinski definition) is 6. The topological polar surface area (TPSA) is 99.6 Å². The molecule has 4 rings (SSSR count). The fourth-order valence-electron chi connectivity index (χ4n) is 3.39. The van der Waals surface area contributed by atoms with Crippen LogP contribution in [0.5, 0.6) is 0 Å². The molecule has 0 aliphatic carbocycles. The minimum Gasteiger partial charge on any atom is -0.462 e. The number of aromatic nitrogens is 3. The van der Waals surface area contributed by atoms with Crippen LogP contribution < -0.4 is 0 Å². The fourth-order valence-corrected chi connectivity index (χ4v) is 3.39. The van der Waals surface area contributed by atoms with E-state index in [1.807, 2.05) is 30.3 Å². The number of carbonyl (C=O) groups excluding carboxylic acids is 1. The molecule has 4 aromatic rings. The first-order chi connectivity index (χ1) is 14.5. The zero-order chi connectivity index (χ0) is 21.3. The molecule has 0 unspecified atom stereocenters. The van der Waals surface area contributed by atoms with Crippen LogP contribution in [0.2, 0.25) is 0 Å². The minimum atomic E-state index is -0.489. The molecular formula is C22H18N4O4. The number of nitro benzene ring substituents is 1. The van der Waals surface area contributed by atoms with Crippen molar-refractivity contribution in [1.29, 1.82) is 0 Å². The number of fused-ring (bicyclic) bond motifs is 1. The highest BCUT2D eigenvalue weighted by Crippen LogP contribution is 2.34. The summed E-state index contributed by atoms with van der Waals surface area (Å²) in [7, 11) is 0. The van der Waals surface area contributed by atoms with E-state index in [4.69, 9.17) is 9.72 Å². The maximum Gasteiger partial charge on any atom is 0.340 e. The number of non-ortho nitro benzene ring substituents is 1. The lowest BCUT2D eigenvalue weighted by molar-refractivity contribution is -0.384. The molecule has 30 heavy (non-hydrogen) atoms. The van der Waals surface area contributed by atoms with Crippen molar-refractivity contribution in [2.24, 2.45) is 0 Å². The van der Waals surface area contributed by atoms with E-state index in [1.54, 1.807) is 36.7 Å². The van der Waals surface area contributed by atoms with Crippen LogP contribution in [0.15, 0.2) is 60.8 Å². The molecule has 0 fully saturated rings. The number of benzene rings is 2. The third-order valence-electron chi connectivity index (χ3n) is 4.79. The smallest absolute Gasteiger partial charge is 0.340 e. The fraction of sp³-hybridized carbons (Fsp3) is 0.136. The van der Waals surface area contributed by atoms with Crippen molar-refractivity contribution in [2.75, 3.05) is 6.61 Å². The van der Waals surface area contributed by atoms with Crippen LogP contribution in [0.25, 0.3) is 28.0 Å². The number of aryl methyl sites for hydroxylation is 1. The lowest BCUT2D eigenvalue weighted by Crippen LogP contribution is -2.07. The Balaban J connectivity index is 1.99. The molecule has 0 aliphatic heterocycles. The van der Waals surface area contributed by atoms with Gasteiger partial charge in [-0.1, -0.05) is 30.3 Å². The molecule has 2 heterocycles. The summed E-state index contributed by atoms with van der Waals surface area (Å²) in [5, 5.41) is 15.5. The van der Waals surface area contributed by atoms with Crippen molar-refractivity contribution in [1.82, 2.24) is 14.6 Å². The summed E-state index contributed by atoms with van der Waals surface area (Å²) in [6.07, 6.45) is 1.64. The van der Waals surface area contributed by atoms with Crippen LogP contribution in [-0.2, 0) is 4.74 Å². The Morgan fingerprint density at radius 2 is 1.80 bits per heavy atom. The molecule has 2 aromatic heterocycles. The van der Waals surface area contributed by atoms with Crippen LogP contribution in [0, 0.1) is 17.0 Å². The van der Waals surface area contributed by atoms with E-state index < -0.39 is 10.9 Å². The van der Waals surface area contributed by atoms with E-state index in [2.05, 4.69) is 5.10 Å². The number of nitrogens with zero attached hydrogens (tertiary/aromatic N) is 4. The second-order valence-corrected chi connectivity index (χ2v) is 6.60. The first kappa shape index (κ1) is 19.3. The molecule has 0 amide bonds. The second-order valence-electron chi connectivity index (χ2n) is 6.60. The molecule has 8 heteroatoms. The van der Waals surface area contributed by atoms with Gasteiger partial charge >= 0.3 is 5.97 Å². The van der Waals surface area contributed by atoms with E-state index in [1.165, 1.54) is 12.1 Å². The number of esters is 1. The molecule has 0 radical (unpaired) electrons. The van der Waals surface area contributed by atoms with Gasteiger partial charge in [-0.25, -0.2) is 14.3 Å². The van der Waals surface area contributed by atoms with Gasteiger partial charge < -0.3 is 4.74 Å². The van der Waals surface area contributed by atoms with Gasteiger partial charge in [-0.15, -0.1) is 0 Å². The standard InChI is InChI=1S/C22H18N4O4/c1-3-30-22(27)19-14(2)25-21(20(19)16-9-11-17(12-10-16)26(28)29)24-18(13-23-25)15-7-5-4-6-8-15/h4-13H,3H2,1-2H3. The molecule has 0 N–H and O–H groups in total. The predicted octanol–water partition coefficient (Wildman–Crippen LogP) is 4.46. The normalized spacial score (nSPS) is 10.9. The summed E-state index contributed by atoms with van der Waals surface area (Å²) >= 11 is 0. The first-order valence-electron chi connectivity index (χ1n) is 9.37. The van der Waals surface area contributed by atoms with Gasteiger partial charge in [0.2, 0.25) is 0 Å². The Morgan fingerprint density at radius 1 is 1.10 bits per heavy atom. The quantitative estimate of drug-likeness (QED) is 0.278. The van der Waals surface area contributed by atoms with Gasteiger partial charge in [0, 0.05) is 23.3 Å². The van der Waals surface area contributed by atoms with Crippen LogP contribution in [0.4, 0.5) is 5.69 Å². The van der Waals surface area contributed by atoms with Gasteiger partial charge in [0.15, 0.2) is 5.65 Å². The predicted molar refractivity (Wildman–Crippen MR) is 111 cm³/mol. The Labute approximate surface area is 171 Å². The molecule has 0 bridgehead atoms. The van der Waals surface area contributed by atoms with Crippen LogP contribution in [0.3, 0.4) is 0 Å². The largest absolute Gasteiger partial charge is 0.462 e.